The second kappa shape index (κ2) is 6.82. The van der Waals surface area contributed by atoms with Gasteiger partial charge in [0.1, 0.15) is 5.82 Å². The van der Waals surface area contributed by atoms with Crippen LogP contribution in [0.5, 0.6) is 0 Å². The van der Waals surface area contributed by atoms with Crippen molar-refractivity contribution in [2.24, 2.45) is 0 Å². The van der Waals surface area contributed by atoms with Gasteiger partial charge in [0.25, 0.3) is 0 Å². The maximum atomic E-state index is 11.4. The normalized spacial score (nSPS) is 9.81. The summed E-state index contributed by atoms with van der Waals surface area (Å²) in [4.78, 5) is 15.3. The molecule has 0 aromatic carbocycles. The first-order chi connectivity index (χ1) is 7.47. The van der Waals surface area contributed by atoms with Gasteiger partial charge < -0.3 is 5.32 Å². The Morgan fingerprint density at radius 1 is 1.25 bits per heavy atom. The molecule has 2 amide bonds. The number of hydrogen-bond acceptors (Lipinski definition) is 2. The van der Waals surface area contributed by atoms with E-state index in [0.29, 0.717) is 5.82 Å². The lowest BCUT2D eigenvalue weighted by Crippen LogP contribution is -2.43. The van der Waals surface area contributed by atoms with Crippen LogP contribution in [-0.2, 0) is 0 Å². The molecular formula is C12H21N3O. The van der Waals surface area contributed by atoms with Crippen LogP contribution in [0.2, 0.25) is 0 Å². The number of carbonyl (C=O) groups is 1. The van der Waals surface area contributed by atoms with Gasteiger partial charge in [-0.05, 0) is 32.9 Å². The van der Waals surface area contributed by atoms with E-state index < -0.39 is 0 Å². The van der Waals surface area contributed by atoms with Gasteiger partial charge in [0, 0.05) is 11.7 Å². The zero-order valence-electron chi connectivity index (χ0n) is 10.7. The van der Waals surface area contributed by atoms with E-state index in [0.717, 1.165) is 0 Å². The fraction of sp³-hybridized carbons (Fsp3) is 0.500. The standard InChI is InChI=1S/C10H15N3O.C2H6/c1-10(2,3)13-9(14)12-8-6-4-5-7-11-8;1-2/h4-7H,1-3H3,(H2,11,12,13,14);1-2H3. The van der Waals surface area contributed by atoms with E-state index in [1.165, 1.54) is 0 Å². The SMILES string of the molecule is CC.CC(C)(C)NC(=O)Nc1ccccn1. The smallest absolute Gasteiger partial charge is 0.320 e. The molecule has 0 spiro atoms. The zero-order chi connectivity index (χ0) is 12.6. The molecule has 0 aliphatic carbocycles. The largest absolute Gasteiger partial charge is 0.333 e. The molecule has 0 radical (unpaired) electrons. The molecule has 0 aliphatic rings. The number of hydrogen-bond donors (Lipinski definition) is 2. The van der Waals surface area contributed by atoms with E-state index in [1.54, 1.807) is 18.3 Å². The molecule has 1 rings (SSSR count). The summed E-state index contributed by atoms with van der Waals surface area (Å²) in [6, 6.07) is 5.12. The number of rotatable bonds is 1. The third-order valence-electron chi connectivity index (χ3n) is 1.40. The van der Waals surface area contributed by atoms with E-state index in [9.17, 15) is 4.79 Å². The summed E-state index contributed by atoms with van der Waals surface area (Å²) < 4.78 is 0. The lowest BCUT2D eigenvalue weighted by molar-refractivity contribution is 0.243. The average molecular weight is 223 g/mol. The monoisotopic (exact) mass is 223 g/mol. The lowest BCUT2D eigenvalue weighted by Gasteiger charge is -2.20. The first kappa shape index (κ1) is 14.4. The van der Waals surface area contributed by atoms with Crippen LogP contribution < -0.4 is 10.6 Å². The van der Waals surface area contributed by atoms with Gasteiger partial charge in [0.05, 0.1) is 0 Å². The summed E-state index contributed by atoms with van der Waals surface area (Å²) in [5.74, 6) is 0.550. The molecular weight excluding hydrogens is 202 g/mol. The summed E-state index contributed by atoms with van der Waals surface area (Å²) in [5, 5.41) is 5.41. The summed E-state index contributed by atoms with van der Waals surface area (Å²) in [6.45, 7) is 9.76. The second-order valence-corrected chi connectivity index (χ2v) is 4.04. The van der Waals surface area contributed by atoms with Gasteiger partial charge >= 0.3 is 6.03 Å². The number of aromatic nitrogens is 1. The predicted molar refractivity (Wildman–Crippen MR) is 67.5 cm³/mol. The van der Waals surface area contributed by atoms with Gasteiger partial charge in [-0.25, -0.2) is 9.78 Å². The molecule has 90 valence electrons. The number of anilines is 1. The van der Waals surface area contributed by atoms with Gasteiger partial charge in [-0.3, -0.25) is 5.32 Å². The van der Waals surface area contributed by atoms with E-state index >= 15 is 0 Å². The minimum atomic E-state index is -0.240. The Bertz CT molecular complexity index is 304. The van der Waals surface area contributed by atoms with Crippen molar-refractivity contribution in [1.82, 2.24) is 10.3 Å². The van der Waals surface area contributed by atoms with Gasteiger partial charge in [-0.15, -0.1) is 0 Å². The number of amides is 2. The van der Waals surface area contributed by atoms with Gasteiger partial charge in [-0.1, -0.05) is 19.9 Å². The third kappa shape index (κ3) is 6.81. The van der Waals surface area contributed by atoms with Crippen LogP contribution in [0.4, 0.5) is 10.6 Å². The second-order valence-electron chi connectivity index (χ2n) is 4.04. The molecule has 4 heteroatoms. The van der Waals surface area contributed by atoms with E-state index in [2.05, 4.69) is 15.6 Å². The number of carbonyl (C=O) groups excluding carboxylic acids is 1. The maximum Gasteiger partial charge on any atom is 0.320 e. The van der Waals surface area contributed by atoms with Gasteiger partial charge in [0.15, 0.2) is 0 Å². The van der Waals surface area contributed by atoms with Crippen LogP contribution in [0, 0.1) is 0 Å². The summed E-state index contributed by atoms with van der Waals surface area (Å²) >= 11 is 0. The molecule has 4 nitrogen and oxygen atoms in total. The summed E-state index contributed by atoms with van der Waals surface area (Å²) in [5.41, 5.74) is -0.237. The highest BCUT2D eigenvalue weighted by atomic mass is 16.2. The summed E-state index contributed by atoms with van der Waals surface area (Å²) in [6.07, 6.45) is 1.63. The minimum Gasteiger partial charge on any atom is -0.333 e. The van der Waals surface area contributed by atoms with Crippen LogP contribution in [0.15, 0.2) is 24.4 Å². The molecule has 0 unspecified atom stereocenters. The van der Waals surface area contributed by atoms with Crippen molar-refractivity contribution in [2.75, 3.05) is 5.32 Å². The lowest BCUT2D eigenvalue weighted by atomic mass is 10.1. The van der Waals surface area contributed by atoms with Gasteiger partial charge in [-0.2, -0.15) is 0 Å². The Balaban J connectivity index is 0.00000106. The minimum absolute atomic E-state index is 0.237. The molecule has 0 atom stereocenters. The maximum absolute atomic E-state index is 11.4. The molecule has 0 aliphatic heterocycles. The first-order valence-electron chi connectivity index (χ1n) is 5.47. The van der Waals surface area contributed by atoms with Crippen LogP contribution in [0.3, 0.4) is 0 Å². The van der Waals surface area contributed by atoms with Crippen molar-refractivity contribution >= 4 is 11.8 Å². The van der Waals surface area contributed by atoms with E-state index in [4.69, 9.17) is 0 Å². The highest BCUT2D eigenvalue weighted by Gasteiger charge is 2.13. The fourth-order valence-corrected chi connectivity index (χ4v) is 0.925. The van der Waals surface area contributed by atoms with Crippen molar-refractivity contribution in [2.45, 2.75) is 40.2 Å². The molecule has 1 heterocycles. The topological polar surface area (TPSA) is 54.0 Å². The van der Waals surface area contributed by atoms with Crippen LogP contribution in [0.1, 0.15) is 34.6 Å². The highest BCUT2D eigenvalue weighted by molar-refractivity contribution is 5.88. The third-order valence-corrected chi connectivity index (χ3v) is 1.40. The molecule has 1 aromatic heterocycles. The molecule has 16 heavy (non-hydrogen) atoms. The van der Waals surface area contributed by atoms with Crippen LogP contribution in [-0.4, -0.2) is 16.6 Å². The number of nitrogens with one attached hydrogen (secondary N) is 2. The predicted octanol–water partition coefficient (Wildman–Crippen LogP) is 3.03. The Hall–Kier alpha value is -1.58. The molecule has 0 saturated carbocycles. The van der Waals surface area contributed by atoms with E-state index in [-0.39, 0.29) is 11.6 Å². The zero-order valence-corrected chi connectivity index (χ0v) is 10.7. The van der Waals surface area contributed by atoms with Crippen molar-refractivity contribution in [3.05, 3.63) is 24.4 Å². The molecule has 0 saturated heterocycles. The summed E-state index contributed by atoms with van der Waals surface area (Å²) in [7, 11) is 0. The highest BCUT2D eigenvalue weighted by Crippen LogP contribution is 2.02. The van der Waals surface area contributed by atoms with Crippen molar-refractivity contribution in [1.29, 1.82) is 0 Å². The molecule has 2 N–H and O–H groups in total. The molecule has 0 bridgehead atoms. The first-order valence-corrected chi connectivity index (χ1v) is 5.47. The Morgan fingerprint density at radius 2 is 1.88 bits per heavy atom. The quantitative estimate of drug-likeness (QED) is 0.769. The molecule has 1 aromatic rings. The fourth-order valence-electron chi connectivity index (χ4n) is 0.925. The average Bonchev–Trinajstić information content (AvgIpc) is 2.19. The van der Waals surface area contributed by atoms with Crippen molar-refractivity contribution < 1.29 is 4.79 Å². The Morgan fingerprint density at radius 3 is 2.31 bits per heavy atom. The van der Waals surface area contributed by atoms with E-state index in [1.807, 2.05) is 40.7 Å². The van der Waals surface area contributed by atoms with Crippen LogP contribution >= 0.6 is 0 Å². The number of pyridine rings is 1. The Kier molecular flexibility index (Phi) is 6.15. The van der Waals surface area contributed by atoms with Crippen molar-refractivity contribution in [3.8, 4) is 0 Å². The van der Waals surface area contributed by atoms with Crippen LogP contribution in [0.25, 0.3) is 0 Å². The van der Waals surface area contributed by atoms with Gasteiger partial charge in [0.2, 0.25) is 0 Å². The van der Waals surface area contributed by atoms with Crippen molar-refractivity contribution in [3.63, 3.8) is 0 Å². The number of nitrogens with zero attached hydrogens (tertiary/aromatic N) is 1. The number of urea groups is 1. The Labute approximate surface area is 97.5 Å². The molecule has 0 fully saturated rings.